The van der Waals surface area contributed by atoms with E-state index in [0.717, 1.165) is 15.9 Å². The van der Waals surface area contributed by atoms with Crippen LogP contribution in [-0.2, 0) is 4.79 Å². The van der Waals surface area contributed by atoms with Crippen LogP contribution in [0.1, 0.15) is 0 Å². The van der Waals surface area contributed by atoms with E-state index in [1.807, 2.05) is 48.5 Å². The summed E-state index contributed by atoms with van der Waals surface area (Å²) in [6.07, 6.45) is 0. The van der Waals surface area contributed by atoms with Crippen LogP contribution < -0.4 is 10.1 Å². The number of thiazole rings is 1. The molecule has 0 radical (unpaired) electrons. The first-order valence-electron chi connectivity index (χ1n) is 6.12. The Morgan fingerprint density at radius 3 is 2.90 bits per heavy atom. The van der Waals surface area contributed by atoms with Crippen molar-refractivity contribution in [3.8, 4) is 5.75 Å². The molecule has 0 bridgehead atoms. The van der Waals surface area contributed by atoms with Crippen molar-refractivity contribution < 1.29 is 9.53 Å². The highest BCUT2D eigenvalue weighted by Crippen LogP contribution is 2.21. The first-order valence-corrected chi connectivity index (χ1v) is 7.00. The Kier molecular flexibility index (Phi) is 3.60. The van der Waals surface area contributed by atoms with Crippen molar-refractivity contribution in [2.45, 2.75) is 0 Å². The lowest BCUT2D eigenvalue weighted by atomic mass is 10.3. The summed E-state index contributed by atoms with van der Waals surface area (Å²) in [4.78, 5) is 16.0. The van der Waals surface area contributed by atoms with E-state index in [1.165, 1.54) is 0 Å². The topological polar surface area (TPSA) is 51.2 Å². The Bertz CT molecular complexity index is 725. The van der Waals surface area contributed by atoms with Gasteiger partial charge in [-0.05, 0) is 30.3 Å². The summed E-state index contributed by atoms with van der Waals surface area (Å²) in [7, 11) is 0. The number of benzene rings is 2. The van der Waals surface area contributed by atoms with Gasteiger partial charge in [0.25, 0.3) is 5.91 Å². The van der Waals surface area contributed by atoms with Gasteiger partial charge in [0.2, 0.25) is 0 Å². The van der Waals surface area contributed by atoms with Gasteiger partial charge in [-0.15, -0.1) is 11.3 Å². The molecule has 3 aromatic rings. The van der Waals surface area contributed by atoms with E-state index in [4.69, 9.17) is 4.74 Å². The Morgan fingerprint density at radius 1 is 1.20 bits per heavy atom. The molecule has 1 aromatic heterocycles. The van der Waals surface area contributed by atoms with Gasteiger partial charge in [-0.3, -0.25) is 4.79 Å². The molecule has 0 saturated carbocycles. The van der Waals surface area contributed by atoms with Crippen molar-refractivity contribution in [1.82, 2.24) is 4.98 Å². The Balaban J connectivity index is 1.61. The predicted octanol–water partition coefficient (Wildman–Crippen LogP) is 3.31. The predicted molar refractivity (Wildman–Crippen MR) is 80.2 cm³/mol. The molecule has 5 heteroatoms. The minimum atomic E-state index is -0.183. The van der Waals surface area contributed by atoms with E-state index < -0.39 is 0 Å². The van der Waals surface area contributed by atoms with Gasteiger partial charge in [-0.2, -0.15) is 0 Å². The van der Waals surface area contributed by atoms with Crippen LogP contribution in [0.3, 0.4) is 0 Å². The Hall–Kier alpha value is -2.40. The Morgan fingerprint density at radius 2 is 2.05 bits per heavy atom. The highest BCUT2D eigenvalue weighted by molar-refractivity contribution is 7.16. The molecule has 0 unspecified atom stereocenters. The highest BCUT2D eigenvalue weighted by Gasteiger charge is 2.05. The van der Waals surface area contributed by atoms with Gasteiger partial charge in [-0.25, -0.2) is 4.98 Å². The van der Waals surface area contributed by atoms with Crippen LogP contribution in [0.5, 0.6) is 5.75 Å². The van der Waals surface area contributed by atoms with Gasteiger partial charge in [0.05, 0.1) is 15.7 Å². The lowest BCUT2D eigenvalue weighted by Gasteiger charge is -2.07. The van der Waals surface area contributed by atoms with E-state index in [9.17, 15) is 4.79 Å². The third-order valence-electron chi connectivity index (χ3n) is 2.73. The zero-order valence-corrected chi connectivity index (χ0v) is 11.4. The van der Waals surface area contributed by atoms with Crippen molar-refractivity contribution in [1.29, 1.82) is 0 Å². The molecule has 0 saturated heterocycles. The molecule has 1 N–H and O–H groups in total. The molecular weight excluding hydrogens is 272 g/mol. The minimum Gasteiger partial charge on any atom is -0.484 e. The average molecular weight is 284 g/mol. The van der Waals surface area contributed by atoms with E-state index in [1.54, 1.807) is 16.8 Å². The molecule has 2 aromatic carbocycles. The summed E-state index contributed by atoms with van der Waals surface area (Å²) in [5.74, 6) is 0.498. The Labute approximate surface area is 120 Å². The first kappa shape index (κ1) is 12.6. The number of aromatic nitrogens is 1. The van der Waals surface area contributed by atoms with Gasteiger partial charge in [-0.1, -0.05) is 18.2 Å². The van der Waals surface area contributed by atoms with Crippen molar-refractivity contribution in [3.63, 3.8) is 0 Å². The normalized spacial score (nSPS) is 10.4. The van der Waals surface area contributed by atoms with Crippen molar-refractivity contribution in [3.05, 3.63) is 54.0 Å². The molecule has 1 amide bonds. The van der Waals surface area contributed by atoms with Crippen LogP contribution in [0.4, 0.5) is 5.69 Å². The lowest BCUT2D eigenvalue weighted by molar-refractivity contribution is -0.118. The average Bonchev–Trinajstić information content (AvgIpc) is 2.94. The summed E-state index contributed by atoms with van der Waals surface area (Å²) in [6.45, 7) is -0.00919. The first-order chi connectivity index (χ1) is 9.81. The number of rotatable bonds is 4. The number of fused-ring (bicyclic) bond motifs is 1. The maximum Gasteiger partial charge on any atom is 0.262 e. The second kappa shape index (κ2) is 5.71. The summed E-state index contributed by atoms with van der Waals surface area (Å²) < 4.78 is 6.44. The third-order valence-corrected chi connectivity index (χ3v) is 3.52. The van der Waals surface area contributed by atoms with E-state index in [-0.39, 0.29) is 12.5 Å². The molecular formula is C15H12N2O2S. The number of ether oxygens (including phenoxy) is 1. The largest absolute Gasteiger partial charge is 0.484 e. The minimum absolute atomic E-state index is 0.00919. The van der Waals surface area contributed by atoms with Crippen LogP contribution in [0.2, 0.25) is 0 Å². The zero-order valence-electron chi connectivity index (χ0n) is 10.6. The fourth-order valence-electron chi connectivity index (χ4n) is 1.80. The molecule has 0 atom stereocenters. The second-order valence-electron chi connectivity index (χ2n) is 4.18. The number of hydrogen-bond acceptors (Lipinski definition) is 4. The van der Waals surface area contributed by atoms with Crippen LogP contribution in [0.15, 0.2) is 54.0 Å². The fourth-order valence-corrected chi connectivity index (χ4v) is 2.51. The van der Waals surface area contributed by atoms with Gasteiger partial charge < -0.3 is 10.1 Å². The third kappa shape index (κ3) is 2.95. The smallest absolute Gasteiger partial charge is 0.262 e. The summed E-state index contributed by atoms with van der Waals surface area (Å²) in [6, 6.07) is 14.9. The molecule has 100 valence electrons. The number of amides is 1. The lowest BCUT2D eigenvalue weighted by Crippen LogP contribution is -2.20. The quantitative estimate of drug-likeness (QED) is 0.799. The molecule has 3 rings (SSSR count). The number of anilines is 1. The van der Waals surface area contributed by atoms with Crippen LogP contribution in [0, 0.1) is 0 Å². The highest BCUT2D eigenvalue weighted by atomic mass is 32.1. The fraction of sp³-hybridized carbons (Fsp3) is 0.0667. The number of nitrogens with zero attached hydrogens (tertiary/aromatic N) is 1. The molecule has 0 spiro atoms. The number of nitrogens with one attached hydrogen (secondary N) is 1. The van der Waals surface area contributed by atoms with E-state index >= 15 is 0 Å². The van der Waals surface area contributed by atoms with Gasteiger partial charge in [0.15, 0.2) is 6.61 Å². The molecule has 1 heterocycles. The van der Waals surface area contributed by atoms with Crippen LogP contribution in [0.25, 0.3) is 10.2 Å². The van der Waals surface area contributed by atoms with Gasteiger partial charge >= 0.3 is 0 Å². The summed E-state index contributed by atoms with van der Waals surface area (Å²) in [5, 5.41) is 2.81. The number of hydrogen-bond donors (Lipinski definition) is 1. The molecule has 0 aliphatic carbocycles. The van der Waals surface area contributed by atoms with Gasteiger partial charge in [0, 0.05) is 5.69 Å². The molecule has 0 fully saturated rings. The maximum absolute atomic E-state index is 11.8. The number of carbonyl (C=O) groups is 1. The van der Waals surface area contributed by atoms with Crippen molar-refractivity contribution >= 4 is 33.1 Å². The summed E-state index contributed by atoms with van der Waals surface area (Å²) in [5.41, 5.74) is 3.48. The van der Waals surface area contributed by atoms with E-state index in [0.29, 0.717) is 5.75 Å². The number of para-hydroxylation sites is 1. The maximum atomic E-state index is 11.8. The monoisotopic (exact) mass is 284 g/mol. The number of carbonyl (C=O) groups excluding carboxylic acids is 1. The van der Waals surface area contributed by atoms with Crippen molar-refractivity contribution in [2.24, 2.45) is 0 Å². The van der Waals surface area contributed by atoms with Crippen molar-refractivity contribution in [2.75, 3.05) is 11.9 Å². The SMILES string of the molecule is O=C(COc1ccccc1)Nc1ccc2ncsc2c1. The van der Waals surface area contributed by atoms with E-state index in [2.05, 4.69) is 10.3 Å². The molecule has 4 nitrogen and oxygen atoms in total. The molecule has 0 aliphatic heterocycles. The van der Waals surface area contributed by atoms with Gasteiger partial charge in [0.1, 0.15) is 5.75 Å². The van der Waals surface area contributed by atoms with Crippen LogP contribution >= 0.6 is 11.3 Å². The molecule has 0 aliphatic rings. The second-order valence-corrected chi connectivity index (χ2v) is 5.07. The molecule has 20 heavy (non-hydrogen) atoms. The zero-order chi connectivity index (χ0) is 13.8. The standard InChI is InChI=1S/C15H12N2O2S/c18-15(9-19-12-4-2-1-3-5-12)17-11-6-7-13-14(8-11)20-10-16-13/h1-8,10H,9H2,(H,17,18). The summed E-state index contributed by atoms with van der Waals surface area (Å²) >= 11 is 1.55. The van der Waals surface area contributed by atoms with Crippen LogP contribution in [-0.4, -0.2) is 17.5 Å².